The van der Waals surface area contributed by atoms with Gasteiger partial charge in [-0.25, -0.2) is 4.98 Å². The molecule has 0 fully saturated rings. The zero-order valence-corrected chi connectivity index (χ0v) is 17.0. The van der Waals surface area contributed by atoms with Crippen LogP contribution in [0.5, 0.6) is 11.8 Å². The Morgan fingerprint density at radius 3 is 2.32 bits per heavy atom. The first-order valence-corrected chi connectivity index (χ1v) is 8.97. The van der Waals surface area contributed by atoms with Crippen LogP contribution in [0.1, 0.15) is 40.2 Å². The summed E-state index contributed by atoms with van der Waals surface area (Å²) in [6.45, 7) is 9.76. The minimum atomic E-state index is -4.61. The number of benzene rings is 1. The molecule has 0 bridgehead atoms. The maximum absolute atomic E-state index is 13.6. The van der Waals surface area contributed by atoms with Crippen molar-refractivity contribution in [3.05, 3.63) is 36.0 Å². The molecule has 0 N–H and O–H groups in total. The topological polar surface area (TPSA) is 47.5 Å². The van der Waals surface area contributed by atoms with Gasteiger partial charge in [-0.2, -0.15) is 18.2 Å². The van der Waals surface area contributed by atoms with Crippen molar-refractivity contribution in [2.24, 2.45) is 5.92 Å². The Hall–Kier alpha value is -2.51. The molecule has 2 aromatic rings. The summed E-state index contributed by atoms with van der Waals surface area (Å²) in [4.78, 5) is 9.11. The van der Waals surface area contributed by atoms with E-state index in [1.54, 1.807) is 24.3 Å². The Labute approximate surface area is 163 Å². The number of anilines is 2. The van der Waals surface area contributed by atoms with Gasteiger partial charge < -0.3 is 14.4 Å². The minimum Gasteiger partial charge on any atom is -0.486 e. The molecule has 5 nitrogen and oxygen atoms in total. The fourth-order valence-corrected chi connectivity index (χ4v) is 2.39. The van der Waals surface area contributed by atoms with Crippen LogP contribution in [0.25, 0.3) is 0 Å². The molecule has 1 heterocycles. The molecule has 0 aliphatic rings. The fraction of sp³-hybridized carbons (Fsp3) is 0.500. The van der Waals surface area contributed by atoms with Crippen LogP contribution in [0.3, 0.4) is 0 Å². The summed E-state index contributed by atoms with van der Waals surface area (Å²) in [6.07, 6.45) is -3.86. The van der Waals surface area contributed by atoms with Gasteiger partial charge in [-0.05, 0) is 38.8 Å². The maximum atomic E-state index is 13.6. The van der Waals surface area contributed by atoms with E-state index in [1.165, 1.54) is 11.9 Å². The molecule has 154 valence electrons. The SMILES string of the molecule is CC(C)COc1ncc(C(F)(F)F)c(N(C)c2ccccc2OC(C)(C)C)n1. The summed E-state index contributed by atoms with van der Waals surface area (Å²) in [7, 11) is 1.51. The van der Waals surface area contributed by atoms with Crippen molar-refractivity contribution in [1.29, 1.82) is 0 Å². The van der Waals surface area contributed by atoms with Gasteiger partial charge in [0.05, 0.1) is 12.3 Å². The Kier molecular flexibility index (Phi) is 6.41. The normalized spacial score (nSPS) is 12.2. The highest BCUT2D eigenvalue weighted by Gasteiger charge is 2.37. The molecule has 0 saturated carbocycles. The van der Waals surface area contributed by atoms with Crippen molar-refractivity contribution in [3.8, 4) is 11.8 Å². The molecule has 1 aromatic heterocycles. The number of alkyl halides is 3. The van der Waals surface area contributed by atoms with Crippen molar-refractivity contribution >= 4 is 11.5 Å². The summed E-state index contributed by atoms with van der Waals surface area (Å²) in [6, 6.07) is 6.78. The summed E-state index contributed by atoms with van der Waals surface area (Å²) < 4.78 is 52.0. The smallest absolute Gasteiger partial charge is 0.421 e. The highest BCUT2D eigenvalue weighted by atomic mass is 19.4. The number of halogens is 3. The van der Waals surface area contributed by atoms with Crippen LogP contribution in [-0.2, 0) is 6.18 Å². The zero-order valence-electron chi connectivity index (χ0n) is 17.0. The molecule has 0 radical (unpaired) electrons. The van der Waals surface area contributed by atoms with Gasteiger partial charge in [0.15, 0.2) is 5.82 Å². The van der Waals surface area contributed by atoms with Crippen LogP contribution < -0.4 is 14.4 Å². The minimum absolute atomic E-state index is 0.0993. The standard InChI is InChI=1S/C20H26F3N3O2/c1-13(2)12-27-18-24-11-14(20(21,22)23)17(25-18)26(6)15-9-7-8-10-16(15)28-19(3,4)5/h7-11,13H,12H2,1-6H3. The van der Waals surface area contributed by atoms with E-state index in [0.29, 0.717) is 18.0 Å². The third kappa shape index (κ3) is 5.74. The van der Waals surface area contributed by atoms with Gasteiger partial charge in [-0.15, -0.1) is 0 Å². The van der Waals surface area contributed by atoms with Gasteiger partial charge in [0.1, 0.15) is 16.9 Å². The van der Waals surface area contributed by atoms with Crippen molar-refractivity contribution in [2.45, 2.75) is 46.4 Å². The van der Waals surface area contributed by atoms with Crippen LogP contribution >= 0.6 is 0 Å². The predicted octanol–water partition coefficient (Wildman–Crippen LogP) is 5.48. The first kappa shape index (κ1) is 21.8. The van der Waals surface area contributed by atoms with E-state index in [4.69, 9.17) is 9.47 Å². The van der Waals surface area contributed by atoms with Crippen molar-refractivity contribution in [1.82, 2.24) is 9.97 Å². The largest absolute Gasteiger partial charge is 0.486 e. The summed E-state index contributed by atoms with van der Waals surface area (Å²) >= 11 is 0. The van der Waals surface area contributed by atoms with Crippen LogP contribution in [0.15, 0.2) is 30.5 Å². The lowest BCUT2D eigenvalue weighted by atomic mass is 10.1. The van der Waals surface area contributed by atoms with Gasteiger partial charge in [0, 0.05) is 13.2 Å². The summed E-state index contributed by atoms with van der Waals surface area (Å²) in [5.41, 5.74) is -1.00. The molecular formula is C20H26F3N3O2. The van der Waals surface area contributed by atoms with E-state index in [1.807, 2.05) is 34.6 Å². The Morgan fingerprint density at radius 1 is 1.11 bits per heavy atom. The molecule has 0 spiro atoms. The number of para-hydroxylation sites is 2. The van der Waals surface area contributed by atoms with Gasteiger partial charge in [0.25, 0.3) is 0 Å². The molecule has 8 heteroatoms. The van der Waals surface area contributed by atoms with E-state index in [9.17, 15) is 13.2 Å². The van der Waals surface area contributed by atoms with Crippen LogP contribution in [0.2, 0.25) is 0 Å². The number of nitrogens with zero attached hydrogens (tertiary/aromatic N) is 3. The number of aromatic nitrogens is 2. The molecular weight excluding hydrogens is 371 g/mol. The first-order chi connectivity index (χ1) is 12.9. The van der Waals surface area contributed by atoms with Gasteiger partial charge >= 0.3 is 12.2 Å². The number of ether oxygens (including phenoxy) is 2. The lowest BCUT2D eigenvalue weighted by molar-refractivity contribution is -0.137. The molecule has 0 atom stereocenters. The average molecular weight is 397 g/mol. The monoisotopic (exact) mass is 397 g/mol. The third-order valence-electron chi connectivity index (χ3n) is 3.56. The van der Waals surface area contributed by atoms with Crippen LogP contribution in [-0.4, -0.2) is 29.2 Å². The summed E-state index contributed by atoms with van der Waals surface area (Å²) in [5.74, 6) is 0.341. The van der Waals surface area contributed by atoms with E-state index >= 15 is 0 Å². The Balaban J connectivity index is 2.51. The molecule has 0 aliphatic heterocycles. The predicted molar refractivity (Wildman–Crippen MR) is 102 cm³/mol. The van der Waals surface area contributed by atoms with Crippen molar-refractivity contribution in [3.63, 3.8) is 0 Å². The zero-order chi connectivity index (χ0) is 21.1. The molecule has 2 rings (SSSR count). The molecule has 1 aromatic carbocycles. The lowest BCUT2D eigenvalue weighted by Crippen LogP contribution is -2.25. The van der Waals surface area contributed by atoms with E-state index in [2.05, 4.69) is 9.97 Å². The average Bonchev–Trinajstić information content (AvgIpc) is 2.57. The molecule has 0 saturated heterocycles. The second kappa shape index (κ2) is 8.24. The van der Waals surface area contributed by atoms with Crippen molar-refractivity contribution < 1.29 is 22.6 Å². The van der Waals surface area contributed by atoms with E-state index in [0.717, 1.165) is 6.20 Å². The Bertz CT molecular complexity index is 802. The van der Waals surface area contributed by atoms with Crippen LogP contribution in [0, 0.1) is 5.92 Å². The third-order valence-corrected chi connectivity index (χ3v) is 3.56. The molecule has 0 aliphatic carbocycles. The summed E-state index contributed by atoms with van der Waals surface area (Å²) in [5, 5.41) is 0. The van der Waals surface area contributed by atoms with E-state index < -0.39 is 17.3 Å². The quantitative estimate of drug-likeness (QED) is 0.646. The highest BCUT2D eigenvalue weighted by Crippen LogP contribution is 2.40. The van der Waals surface area contributed by atoms with Crippen molar-refractivity contribution in [2.75, 3.05) is 18.6 Å². The Morgan fingerprint density at radius 2 is 1.75 bits per heavy atom. The number of hydrogen-bond donors (Lipinski definition) is 0. The van der Waals surface area contributed by atoms with Crippen LogP contribution in [0.4, 0.5) is 24.7 Å². The second-order valence-electron chi connectivity index (χ2n) is 7.83. The van der Waals surface area contributed by atoms with Gasteiger partial charge in [-0.3, -0.25) is 0 Å². The maximum Gasteiger partial charge on any atom is 0.421 e. The van der Waals surface area contributed by atoms with E-state index in [-0.39, 0.29) is 17.7 Å². The highest BCUT2D eigenvalue weighted by molar-refractivity contribution is 5.68. The van der Waals surface area contributed by atoms with Gasteiger partial charge in [-0.1, -0.05) is 26.0 Å². The fourth-order valence-electron chi connectivity index (χ4n) is 2.39. The second-order valence-corrected chi connectivity index (χ2v) is 7.83. The van der Waals surface area contributed by atoms with Gasteiger partial charge in [0.2, 0.25) is 0 Å². The number of rotatable bonds is 6. The molecule has 0 unspecified atom stereocenters. The number of hydrogen-bond acceptors (Lipinski definition) is 5. The molecule has 0 amide bonds. The molecule has 28 heavy (non-hydrogen) atoms. The first-order valence-electron chi connectivity index (χ1n) is 8.97. The lowest BCUT2D eigenvalue weighted by Gasteiger charge is -2.28.